The summed E-state index contributed by atoms with van der Waals surface area (Å²) in [7, 11) is -2.20. The van der Waals surface area contributed by atoms with Gasteiger partial charge in [0.25, 0.3) is 0 Å². The number of hydrogen-bond acceptors (Lipinski definition) is 2. The summed E-state index contributed by atoms with van der Waals surface area (Å²) in [6, 6.07) is 39.5. The fourth-order valence-corrected chi connectivity index (χ4v) is 14.1. The Morgan fingerprint density at radius 3 is 0.863 bits per heavy atom. The summed E-state index contributed by atoms with van der Waals surface area (Å²) in [5.74, 6) is -70.4. The third-order valence-corrected chi connectivity index (χ3v) is 18.0. The summed E-state index contributed by atoms with van der Waals surface area (Å²) in [6.07, 6.45) is -0.422. The van der Waals surface area contributed by atoms with Crippen LogP contribution in [0.15, 0.2) is 115 Å². The highest BCUT2D eigenvalue weighted by atomic mass is 31.2. The smallest absolute Gasteiger partial charge is 0.201 e. The van der Waals surface area contributed by atoms with E-state index in [1.807, 2.05) is 42.5 Å². The van der Waals surface area contributed by atoms with Crippen molar-refractivity contribution >= 4 is 57.0 Å². The first kappa shape index (κ1) is 58.5. The topological polar surface area (TPSA) is 26.3 Å². The molecule has 0 aromatic heterocycles. The Morgan fingerprint density at radius 2 is 0.600 bits per heavy atom. The monoisotopic (exact) mass is 1160 g/mol. The average Bonchev–Trinajstić information content (AvgIpc) is 2.84. The molecule has 1 aliphatic carbocycles. The van der Waals surface area contributed by atoms with Crippen molar-refractivity contribution < 1.29 is 97.3 Å². The molecule has 0 radical (unpaired) electrons. The van der Waals surface area contributed by atoms with E-state index in [2.05, 4.69) is 72.8 Å². The van der Waals surface area contributed by atoms with Crippen molar-refractivity contribution in [3.05, 3.63) is 237 Å². The summed E-state index contributed by atoms with van der Waals surface area (Å²) in [6.45, 7) is 0. The molecule has 80 heavy (non-hydrogen) atoms. The Balaban J connectivity index is 0.000000216. The molecule has 1 fully saturated rings. The van der Waals surface area contributed by atoms with Gasteiger partial charge in [-0.05, 0) is 86.3 Å². The van der Waals surface area contributed by atoms with Crippen LogP contribution >= 0.6 is 7.26 Å². The summed E-state index contributed by atoms with van der Waals surface area (Å²) in [5, 5.41) is 3.68. The quantitative estimate of drug-likeness (QED) is 0.0304. The van der Waals surface area contributed by atoms with Gasteiger partial charge in [-0.2, -0.15) is 0 Å². The molecule has 0 spiro atoms. The van der Waals surface area contributed by atoms with E-state index in [1.165, 1.54) is 35.2 Å². The lowest BCUT2D eigenvalue weighted by Gasteiger charge is -2.44. The first-order valence-corrected chi connectivity index (χ1v) is 25.5. The molecular weight excluding hydrogens is 1130 g/mol. The van der Waals surface area contributed by atoms with E-state index in [-0.39, 0.29) is 5.78 Å². The van der Waals surface area contributed by atoms with Gasteiger partial charge < -0.3 is 4.74 Å². The SMILES string of the molecule is Fc1c(F)c(F)c([B-](c2c(F)c(F)c(F)c(F)c2F)(c2c(F)c(F)c(F)c(F)c2F)c2c(F)c(F)c(F)c(F)c2F)c(F)c1F.O=C(C[P+](c1ccccc1)(c1ccccc1)c1ccccc1)c1ccc(OC2CCCCC2)cc1. The fourth-order valence-electron chi connectivity index (χ4n) is 10.0. The van der Waals surface area contributed by atoms with Crippen LogP contribution in [0.1, 0.15) is 42.5 Å². The van der Waals surface area contributed by atoms with Crippen LogP contribution in [0.3, 0.4) is 0 Å². The average molecular weight is 1160 g/mol. The van der Waals surface area contributed by atoms with Gasteiger partial charge in [0.1, 0.15) is 87.8 Å². The van der Waals surface area contributed by atoms with Gasteiger partial charge in [0.15, 0.2) is 69.8 Å². The van der Waals surface area contributed by atoms with Crippen molar-refractivity contribution in [1.82, 2.24) is 0 Å². The summed E-state index contributed by atoms with van der Waals surface area (Å²) < 4.78 is 300. The second-order valence-corrected chi connectivity index (χ2v) is 21.6. The minimum atomic E-state index is -7.22. The highest BCUT2D eigenvalue weighted by Crippen LogP contribution is 2.55. The number of Topliss-reactive ketones (excluding diaryl/α,β-unsaturated/α-hetero) is 1. The predicted molar refractivity (Wildman–Crippen MR) is 258 cm³/mol. The lowest BCUT2D eigenvalue weighted by molar-refractivity contribution is 0.102. The Bertz CT molecular complexity index is 3180. The van der Waals surface area contributed by atoms with E-state index >= 15 is 35.1 Å². The third-order valence-electron chi connectivity index (χ3n) is 13.7. The van der Waals surface area contributed by atoms with E-state index in [9.17, 15) is 57.5 Å². The maximum absolute atomic E-state index is 15.4. The van der Waals surface area contributed by atoms with Crippen LogP contribution in [0.25, 0.3) is 0 Å². The molecular formula is C56H32BF20O2P. The Hall–Kier alpha value is -7.68. The molecule has 0 saturated heterocycles. The first-order chi connectivity index (χ1) is 38.0. The van der Waals surface area contributed by atoms with Crippen LogP contribution in [-0.2, 0) is 0 Å². The van der Waals surface area contributed by atoms with Gasteiger partial charge >= 0.3 is 0 Å². The number of carbonyl (C=O) groups is 1. The molecule has 9 rings (SSSR count). The first-order valence-electron chi connectivity index (χ1n) is 23.5. The molecule has 0 aliphatic heterocycles. The molecule has 8 aromatic rings. The number of ether oxygens (including phenoxy) is 1. The highest BCUT2D eigenvalue weighted by molar-refractivity contribution is 7.96. The molecule has 0 bridgehead atoms. The van der Waals surface area contributed by atoms with Gasteiger partial charge in [-0.25, -0.2) is 87.8 Å². The second kappa shape index (κ2) is 23.2. The van der Waals surface area contributed by atoms with Crippen LogP contribution < -0.4 is 42.5 Å². The van der Waals surface area contributed by atoms with Crippen LogP contribution in [0.5, 0.6) is 5.75 Å². The standard InChI is InChI=1S/C32H32O2P.C24BF20/c33-32(26-21-23-28(24-22-26)34-27-13-5-1-6-14-27)25-35(29-15-7-2-8-16-29,30-17-9-3-10-18-30)31-19-11-4-12-20-31;26-5-1(6(27)14(35)21(42)13(5)34)25(2-7(28)15(36)22(43)16(37)8(2)29,3-9(30)17(38)23(44)18(39)10(3)31)4-11(32)19(40)24(45)20(41)12(4)33/h2-4,7-12,15-24,27H,1,5-6,13-14,25H2;/q+1;-1. The maximum Gasteiger partial charge on any atom is 0.201 e. The zero-order valence-corrected chi connectivity index (χ0v) is 41.1. The molecule has 2 nitrogen and oxygen atoms in total. The van der Waals surface area contributed by atoms with Crippen molar-refractivity contribution in [3.63, 3.8) is 0 Å². The largest absolute Gasteiger partial charge is 0.490 e. The molecule has 416 valence electrons. The van der Waals surface area contributed by atoms with Crippen molar-refractivity contribution in [2.75, 3.05) is 6.16 Å². The van der Waals surface area contributed by atoms with Gasteiger partial charge in [0.05, 0.1) is 6.10 Å². The minimum absolute atomic E-state index is 0.166. The zero-order valence-electron chi connectivity index (χ0n) is 40.2. The van der Waals surface area contributed by atoms with Crippen molar-refractivity contribution in [3.8, 4) is 5.75 Å². The molecule has 0 heterocycles. The third kappa shape index (κ3) is 9.84. The van der Waals surface area contributed by atoms with E-state index in [4.69, 9.17) is 4.74 Å². The molecule has 0 amide bonds. The number of rotatable bonds is 12. The normalized spacial score (nSPS) is 13.1. The van der Waals surface area contributed by atoms with E-state index in [0.29, 0.717) is 12.3 Å². The molecule has 8 aromatic carbocycles. The van der Waals surface area contributed by atoms with Crippen molar-refractivity contribution in [2.24, 2.45) is 0 Å². The van der Waals surface area contributed by atoms with Gasteiger partial charge in [-0.1, -0.05) is 61.0 Å². The molecule has 0 unspecified atom stereocenters. The Labute approximate surface area is 440 Å². The number of ketones is 1. The van der Waals surface area contributed by atoms with Crippen molar-refractivity contribution in [2.45, 2.75) is 38.2 Å². The summed E-state index contributed by atoms with van der Waals surface area (Å²) in [5.41, 5.74) is -13.6. The molecule has 1 aliphatic rings. The summed E-state index contributed by atoms with van der Waals surface area (Å²) >= 11 is 0. The fraction of sp³-hybridized carbons (Fsp3) is 0.125. The minimum Gasteiger partial charge on any atom is -0.490 e. The predicted octanol–water partition coefficient (Wildman–Crippen LogP) is 12.4. The van der Waals surface area contributed by atoms with Crippen LogP contribution in [0.4, 0.5) is 87.8 Å². The van der Waals surface area contributed by atoms with Gasteiger partial charge in [-0.15, -0.1) is 21.9 Å². The molecule has 0 N–H and O–H groups in total. The van der Waals surface area contributed by atoms with E-state index < -0.39 is 152 Å². The Morgan fingerprint density at radius 1 is 0.350 bits per heavy atom. The number of benzene rings is 8. The van der Waals surface area contributed by atoms with Crippen molar-refractivity contribution in [1.29, 1.82) is 0 Å². The summed E-state index contributed by atoms with van der Waals surface area (Å²) in [4.78, 5) is 13.9. The second-order valence-electron chi connectivity index (χ2n) is 18.1. The Kier molecular flexibility index (Phi) is 17.0. The van der Waals surface area contributed by atoms with Gasteiger partial charge in [-0.3, -0.25) is 4.79 Å². The van der Waals surface area contributed by atoms with Gasteiger partial charge in [0, 0.05) is 5.56 Å². The molecule has 1 saturated carbocycles. The van der Waals surface area contributed by atoms with Gasteiger partial charge in [0.2, 0.25) is 5.78 Å². The molecule has 0 atom stereocenters. The lowest BCUT2D eigenvalue weighted by atomic mass is 9.12. The zero-order chi connectivity index (χ0) is 58.3. The van der Waals surface area contributed by atoms with Crippen LogP contribution in [0, 0.1) is 116 Å². The number of carbonyl (C=O) groups excluding carboxylic acids is 1. The lowest BCUT2D eigenvalue weighted by Crippen LogP contribution is -2.81. The molecule has 24 heteroatoms. The maximum atomic E-state index is 15.4. The van der Waals surface area contributed by atoms with E-state index in [0.717, 1.165) is 24.2 Å². The van der Waals surface area contributed by atoms with Crippen LogP contribution in [0.2, 0.25) is 0 Å². The highest BCUT2D eigenvalue weighted by Gasteiger charge is 2.53. The number of halogens is 20. The van der Waals surface area contributed by atoms with E-state index in [1.54, 1.807) is 0 Å². The van der Waals surface area contributed by atoms with Crippen LogP contribution in [-0.4, -0.2) is 24.2 Å². The number of hydrogen-bond donors (Lipinski definition) is 0.